The zero-order valence-electron chi connectivity index (χ0n) is 10.7. The average Bonchev–Trinajstić information content (AvgIpc) is 2.72. The lowest BCUT2D eigenvalue weighted by Crippen LogP contribution is -2.57. The van der Waals surface area contributed by atoms with Crippen LogP contribution in [0.25, 0.3) is 0 Å². The molecule has 1 aliphatic heterocycles. The molecule has 0 aromatic rings. The van der Waals surface area contributed by atoms with Crippen LogP contribution in [0.2, 0.25) is 0 Å². The summed E-state index contributed by atoms with van der Waals surface area (Å²) in [5, 5.41) is 0. The molecule has 0 radical (unpaired) electrons. The van der Waals surface area contributed by atoms with Crippen LogP contribution in [0.5, 0.6) is 0 Å². The average molecular weight is 278 g/mol. The van der Waals surface area contributed by atoms with Gasteiger partial charge in [-0.25, -0.2) is 0 Å². The molecule has 1 saturated heterocycles. The zero-order chi connectivity index (χ0) is 12.8. The summed E-state index contributed by atoms with van der Waals surface area (Å²) in [4.78, 5) is 13.0. The molecule has 0 aromatic heterocycles. The SMILES string of the molecule is CC1C2CCCC2C(C)(C)CN1C(=O)C(Cl)Cl. The first-order valence-electron chi connectivity index (χ1n) is 6.43. The third-order valence-corrected chi connectivity index (χ3v) is 5.11. The Labute approximate surface area is 114 Å². The Morgan fingerprint density at radius 2 is 2.00 bits per heavy atom. The smallest absolute Gasteiger partial charge is 0.256 e. The summed E-state index contributed by atoms with van der Waals surface area (Å²) in [5.41, 5.74) is 0.187. The van der Waals surface area contributed by atoms with Gasteiger partial charge in [0.2, 0.25) is 0 Å². The Hall–Kier alpha value is 0.0500. The normalized spacial score (nSPS) is 36.1. The molecule has 2 aliphatic rings. The predicted octanol–water partition coefficient (Wildman–Crippen LogP) is 3.46. The van der Waals surface area contributed by atoms with E-state index < -0.39 is 4.84 Å². The first-order valence-corrected chi connectivity index (χ1v) is 7.30. The summed E-state index contributed by atoms with van der Waals surface area (Å²) in [7, 11) is 0. The van der Waals surface area contributed by atoms with E-state index in [9.17, 15) is 4.79 Å². The molecular weight excluding hydrogens is 257 g/mol. The molecule has 1 amide bonds. The molecule has 1 heterocycles. The first-order chi connectivity index (χ1) is 7.84. The molecule has 3 unspecified atom stereocenters. The number of fused-ring (bicyclic) bond motifs is 1. The molecule has 2 nitrogen and oxygen atoms in total. The van der Waals surface area contributed by atoms with Crippen molar-refractivity contribution in [3.05, 3.63) is 0 Å². The molecule has 1 aliphatic carbocycles. The van der Waals surface area contributed by atoms with E-state index in [0.717, 1.165) is 12.5 Å². The highest BCUT2D eigenvalue weighted by molar-refractivity contribution is 6.53. The van der Waals surface area contributed by atoms with E-state index >= 15 is 0 Å². The third-order valence-electron chi connectivity index (χ3n) is 4.73. The predicted molar refractivity (Wildman–Crippen MR) is 71.3 cm³/mol. The van der Waals surface area contributed by atoms with Crippen molar-refractivity contribution < 1.29 is 4.79 Å². The lowest BCUT2D eigenvalue weighted by molar-refractivity contribution is -0.140. The van der Waals surface area contributed by atoms with Crippen molar-refractivity contribution in [2.45, 2.75) is 50.9 Å². The molecule has 0 aromatic carbocycles. The Morgan fingerprint density at radius 1 is 1.35 bits per heavy atom. The Kier molecular flexibility index (Phi) is 3.66. The summed E-state index contributed by atoms with van der Waals surface area (Å²) in [5.74, 6) is 1.24. The van der Waals surface area contributed by atoms with Crippen LogP contribution in [0.3, 0.4) is 0 Å². The van der Waals surface area contributed by atoms with Gasteiger partial charge >= 0.3 is 0 Å². The van der Waals surface area contributed by atoms with Gasteiger partial charge < -0.3 is 4.90 Å². The van der Waals surface area contributed by atoms with Crippen molar-refractivity contribution in [1.82, 2.24) is 4.90 Å². The van der Waals surface area contributed by atoms with Crippen molar-refractivity contribution in [3.63, 3.8) is 0 Å². The zero-order valence-corrected chi connectivity index (χ0v) is 12.3. The highest BCUT2D eigenvalue weighted by Crippen LogP contribution is 2.50. The molecule has 0 N–H and O–H groups in total. The van der Waals surface area contributed by atoms with Crippen molar-refractivity contribution in [3.8, 4) is 0 Å². The number of halogens is 2. The summed E-state index contributed by atoms with van der Waals surface area (Å²) < 4.78 is 0. The number of carbonyl (C=O) groups is 1. The van der Waals surface area contributed by atoms with Gasteiger partial charge in [-0.1, -0.05) is 43.5 Å². The van der Waals surface area contributed by atoms with Gasteiger partial charge in [0.1, 0.15) is 0 Å². The van der Waals surface area contributed by atoms with Gasteiger partial charge in [0.05, 0.1) is 0 Å². The minimum absolute atomic E-state index is 0.126. The molecule has 4 heteroatoms. The van der Waals surface area contributed by atoms with E-state index in [1.165, 1.54) is 19.3 Å². The van der Waals surface area contributed by atoms with Crippen molar-refractivity contribution in [1.29, 1.82) is 0 Å². The maximum Gasteiger partial charge on any atom is 0.256 e. The lowest BCUT2D eigenvalue weighted by Gasteiger charge is -2.50. The maximum absolute atomic E-state index is 12.0. The summed E-state index contributed by atoms with van der Waals surface area (Å²) in [6.45, 7) is 7.45. The highest BCUT2D eigenvalue weighted by Gasteiger charge is 2.49. The van der Waals surface area contributed by atoms with E-state index in [0.29, 0.717) is 5.92 Å². The molecule has 2 rings (SSSR count). The molecule has 2 fully saturated rings. The van der Waals surface area contributed by atoms with Crippen molar-refractivity contribution >= 4 is 29.1 Å². The number of alkyl halides is 2. The van der Waals surface area contributed by atoms with E-state index in [2.05, 4.69) is 20.8 Å². The van der Waals surface area contributed by atoms with Gasteiger partial charge in [-0.15, -0.1) is 0 Å². The summed E-state index contributed by atoms with van der Waals surface area (Å²) in [6.07, 6.45) is 3.82. The fourth-order valence-electron chi connectivity index (χ4n) is 3.87. The van der Waals surface area contributed by atoms with E-state index in [-0.39, 0.29) is 17.4 Å². The number of piperidine rings is 1. The van der Waals surface area contributed by atoms with Crippen LogP contribution in [0, 0.1) is 17.3 Å². The van der Waals surface area contributed by atoms with Crippen LogP contribution in [0.15, 0.2) is 0 Å². The van der Waals surface area contributed by atoms with Crippen molar-refractivity contribution in [2.75, 3.05) is 6.54 Å². The van der Waals surface area contributed by atoms with Gasteiger partial charge in [-0.2, -0.15) is 0 Å². The number of rotatable bonds is 1. The standard InChI is InChI=1S/C13H21Cl2NO/c1-8-9-5-4-6-10(9)13(2,3)7-16(8)12(17)11(14)15/h8-11H,4-7H2,1-3H3. The molecule has 0 bridgehead atoms. The number of carbonyl (C=O) groups excluding carboxylic acids is 1. The van der Waals surface area contributed by atoms with Crippen LogP contribution in [-0.4, -0.2) is 28.2 Å². The van der Waals surface area contributed by atoms with Crippen molar-refractivity contribution in [2.24, 2.45) is 17.3 Å². The number of likely N-dealkylation sites (tertiary alicyclic amines) is 1. The second kappa shape index (κ2) is 4.62. The minimum Gasteiger partial charge on any atom is -0.337 e. The molecule has 3 atom stereocenters. The Morgan fingerprint density at radius 3 is 2.59 bits per heavy atom. The topological polar surface area (TPSA) is 20.3 Å². The molecule has 0 spiro atoms. The maximum atomic E-state index is 12.0. The highest BCUT2D eigenvalue weighted by atomic mass is 35.5. The van der Waals surface area contributed by atoms with Gasteiger partial charge in [-0.3, -0.25) is 4.79 Å². The largest absolute Gasteiger partial charge is 0.337 e. The third kappa shape index (κ3) is 2.31. The van der Waals surface area contributed by atoms with Crippen LogP contribution < -0.4 is 0 Å². The number of amides is 1. The minimum atomic E-state index is -0.925. The Bertz CT molecular complexity index is 317. The van der Waals surface area contributed by atoms with E-state index in [4.69, 9.17) is 23.2 Å². The van der Waals surface area contributed by atoms with Crippen LogP contribution in [0.1, 0.15) is 40.0 Å². The quantitative estimate of drug-likeness (QED) is 0.673. The van der Waals surface area contributed by atoms with E-state index in [1.807, 2.05) is 4.90 Å². The summed E-state index contributed by atoms with van der Waals surface area (Å²) in [6, 6.07) is 0.281. The van der Waals surface area contributed by atoms with Crippen LogP contribution >= 0.6 is 23.2 Å². The molecular formula is C13H21Cl2NO. The van der Waals surface area contributed by atoms with Gasteiger partial charge in [0.15, 0.2) is 4.84 Å². The fraction of sp³-hybridized carbons (Fsp3) is 0.923. The lowest BCUT2D eigenvalue weighted by atomic mass is 9.67. The van der Waals surface area contributed by atoms with Gasteiger partial charge in [0.25, 0.3) is 5.91 Å². The fourth-order valence-corrected chi connectivity index (χ4v) is 4.12. The second-order valence-electron chi connectivity index (χ2n) is 6.20. The second-order valence-corrected chi connectivity index (χ2v) is 7.29. The monoisotopic (exact) mass is 277 g/mol. The number of nitrogens with zero attached hydrogens (tertiary/aromatic N) is 1. The van der Waals surface area contributed by atoms with E-state index in [1.54, 1.807) is 0 Å². The molecule has 1 saturated carbocycles. The first kappa shape index (κ1) is 13.5. The Balaban J connectivity index is 2.23. The van der Waals surface area contributed by atoms with Gasteiger partial charge in [0, 0.05) is 12.6 Å². The van der Waals surface area contributed by atoms with Gasteiger partial charge in [-0.05, 0) is 37.0 Å². The number of hydrogen-bond donors (Lipinski definition) is 0. The van der Waals surface area contributed by atoms with Crippen LogP contribution in [-0.2, 0) is 4.79 Å². The summed E-state index contributed by atoms with van der Waals surface area (Å²) >= 11 is 11.5. The van der Waals surface area contributed by atoms with Crippen LogP contribution in [0.4, 0.5) is 0 Å². The molecule has 17 heavy (non-hydrogen) atoms. The number of hydrogen-bond acceptors (Lipinski definition) is 1. The molecule has 98 valence electrons.